The van der Waals surface area contributed by atoms with Crippen molar-refractivity contribution in [3.63, 3.8) is 0 Å². The van der Waals surface area contributed by atoms with Gasteiger partial charge in [-0.15, -0.1) is 0 Å². The van der Waals surface area contributed by atoms with Crippen LogP contribution in [0, 0.1) is 11.6 Å². The second-order valence-electron chi connectivity index (χ2n) is 11.4. The number of rotatable bonds is 16. The van der Waals surface area contributed by atoms with Gasteiger partial charge in [0.05, 0.1) is 12.1 Å². The van der Waals surface area contributed by atoms with E-state index in [2.05, 4.69) is 28.8 Å². The molecular weight excluding hydrogens is 590 g/mol. The highest BCUT2D eigenvalue weighted by Gasteiger charge is 2.25. The van der Waals surface area contributed by atoms with E-state index in [1.165, 1.54) is 30.0 Å². The van der Waals surface area contributed by atoms with Gasteiger partial charge in [-0.25, -0.2) is 8.78 Å². The molecule has 10 heteroatoms. The van der Waals surface area contributed by atoms with E-state index >= 15 is 0 Å². The largest absolute Gasteiger partial charge is 0.390 e. The molecule has 0 aliphatic carbocycles. The molecule has 0 spiro atoms. The van der Waals surface area contributed by atoms with E-state index in [0.717, 1.165) is 30.9 Å². The van der Waals surface area contributed by atoms with Crippen LogP contribution in [0.5, 0.6) is 0 Å². The molecule has 46 heavy (non-hydrogen) atoms. The van der Waals surface area contributed by atoms with Crippen LogP contribution < -0.4 is 10.6 Å². The summed E-state index contributed by atoms with van der Waals surface area (Å²) in [6.07, 6.45) is 2.70. The lowest BCUT2D eigenvalue weighted by Gasteiger charge is -2.25. The number of aryl methyl sites for hydroxylation is 1. The minimum Gasteiger partial charge on any atom is -0.390 e. The zero-order valence-corrected chi connectivity index (χ0v) is 26.6. The Labute approximate surface area is 268 Å². The number of halogens is 2. The molecule has 0 bridgehead atoms. The number of hydrogen-bond donors (Lipinski definition) is 3. The highest BCUT2D eigenvalue weighted by atomic mass is 19.1. The summed E-state index contributed by atoms with van der Waals surface area (Å²) in [6, 6.07) is 16.7. The third-order valence-corrected chi connectivity index (χ3v) is 7.69. The van der Waals surface area contributed by atoms with Crippen LogP contribution in [0.4, 0.5) is 8.78 Å². The van der Waals surface area contributed by atoms with Crippen molar-refractivity contribution < 1.29 is 28.0 Å². The van der Waals surface area contributed by atoms with Crippen molar-refractivity contribution >= 4 is 11.8 Å². The van der Waals surface area contributed by atoms with Crippen molar-refractivity contribution in [3.8, 4) is 11.3 Å². The summed E-state index contributed by atoms with van der Waals surface area (Å²) in [5.41, 5.74) is 3.95. The van der Waals surface area contributed by atoms with Gasteiger partial charge < -0.3 is 25.2 Å². The molecule has 4 aromatic rings. The van der Waals surface area contributed by atoms with Crippen molar-refractivity contribution in [2.75, 3.05) is 19.6 Å². The van der Waals surface area contributed by atoms with E-state index in [0.29, 0.717) is 36.5 Å². The molecular formula is C36H42F2N4O4. The molecule has 3 aromatic carbocycles. The number of hydrogen-bond acceptors (Lipinski definition) is 6. The minimum absolute atomic E-state index is 0.0376. The summed E-state index contributed by atoms with van der Waals surface area (Å²) in [5, 5.41) is 21.3. The molecule has 0 aliphatic heterocycles. The number of amides is 2. The van der Waals surface area contributed by atoms with Crippen molar-refractivity contribution in [1.29, 1.82) is 0 Å². The number of carbonyl (C=O) groups is 2. The fraction of sp³-hybridized carbons (Fsp3) is 0.361. The highest BCUT2D eigenvalue weighted by molar-refractivity contribution is 6.01. The van der Waals surface area contributed by atoms with Crippen LogP contribution in [-0.2, 0) is 19.4 Å². The number of nitrogens with one attached hydrogen (secondary N) is 2. The quantitative estimate of drug-likeness (QED) is 0.141. The fourth-order valence-corrected chi connectivity index (χ4v) is 5.41. The molecule has 2 atom stereocenters. The van der Waals surface area contributed by atoms with Crippen molar-refractivity contribution in [2.45, 2.75) is 65.1 Å². The molecule has 0 saturated heterocycles. The number of benzene rings is 3. The fourth-order valence-electron chi connectivity index (χ4n) is 5.41. The molecule has 2 amide bonds. The third-order valence-electron chi connectivity index (χ3n) is 7.69. The maximum Gasteiger partial charge on any atom is 0.253 e. The van der Waals surface area contributed by atoms with E-state index in [4.69, 9.17) is 4.52 Å². The lowest BCUT2D eigenvalue weighted by atomic mass is 9.98. The molecule has 8 nitrogen and oxygen atoms in total. The zero-order valence-electron chi connectivity index (χ0n) is 26.6. The monoisotopic (exact) mass is 632 g/mol. The van der Waals surface area contributed by atoms with Crippen LogP contribution in [0.25, 0.3) is 11.3 Å². The Hall–Kier alpha value is -4.41. The topological polar surface area (TPSA) is 108 Å². The van der Waals surface area contributed by atoms with Crippen LogP contribution >= 0.6 is 0 Å². The first-order valence-corrected chi connectivity index (χ1v) is 15.8. The van der Waals surface area contributed by atoms with Crippen LogP contribution in [-0.4, -0.2) is 58.8 Å². The molecule has 3 N–H and O–H groups in total. The van der Waals surface area contributed by atoms with Gasteiger partial charge in [-0.3, -0.25) is 9.59 Å². The Kier molecular flexibility index (Phi) is 12.6. The van der Waals surface area contributed by atoms with E-state index in [-0.39, 0.29) is 30.0 Å². The molecule has 0 saturated carbocycles. The first kappa shape index (κ1) is 34.5. The average Bonchev–Trinajstić information content (AvgIpc) is 3.59. The van der Waals surface area contributed by atoms with Gasteiger partial charge in [0, 0.05) is 55.0 Å². The Morgan fingerprint density at radius 2 is 1.59 bits per heavy atom. The van der Waals surface area contributed by atoms with Crippen LogP contribution in [0.15, 0.2) is 77.5 Å². The first-order valence-electron chi connectivity index (χ1n) is 15.8. The normalized spacial score (nSPS) is 12.5. The lowest BCUT2D eigenvalue weighted by Crippen LogP contribution is -2.48. The summed E-state index contributed by atoms with van der Waals surface area (Å²) in [5.74, 6) is -2.29. The number of aliphatic hydroxyl groups excluding tert-OH is 1. The van der Waals surface area contributed by atoms with E-state index in [1.54, 1.807) is 23.1 Å². The second kappa shape index (κ2) is 16.8. The molecule has 0 radical (unpaired) electrons. The van der Waals surface area contributed by atoms with Gasteiger partial charge in [0.2, 0.25) is 0 Å². The second-order valence-corrected chi connectivity index (χ2v) is 11.4. The molecule has 244 valence electrons. The molecule has 0 unspecified atom stereocenters. The Morgan fingerprint density at radius 3 is 2.24 bits per heavy atom. The summed E-state index contributed by atoms with van der Waals surface area (Å²) in [4.78, 5) is 29.1. The molecule has 1 aromatic heterocycles. The van der Waals surface area contributed by atoms with Gasteiger partial charge in [-0.05, 0) is 72.7 Å². The van der Waals surface area contributed by atoms with Crippen molar-refractivity contribution in [1.82, 2.24) is 20.7 Å². The lowest BCUT2D eigenvalue weighted by molar-refractivity contribution is 0.0755. The van der Waals surface area contributed by atoms with Gasteiger partial charge in [0.25, 0.3) is 11.8 Å². The summed E-state index contributed by atoms with van der Waals surface area (Å²) < 4.78 is 33.2. The van der Waals surface area contributed by atoms with Crippen LogP contribution in [0.2, 0.25) is 0 Å². The van der Waals surface area contributed by atoms with E-state index < -0.39 is 29.7 Å². The van der Waals surface area contributed by atoms with E-state index in [1.807, 2.05) is 32.0 Å². The smallest absolute Gasteiger partial charge is 0.253 e. The highest BCUT2D eigenvalue weighted by Crippen LogP contribution is 2.23. The zero-order chi connectivity index (χ0) is 33.1. The van der Waals surface area contributed by atoms with Gasteiger partial charge >= 0.3 is 0 Å². The minimum atomic E-state index is -1.12. The standard InChI is InChI=1S/C36H42F2N4O4/c1-4-11-42(12-5-2)36(45)29-19-27(32-10-13-46-41-32)18-28(20-29)35(44)40-33(17-26-15-30(37)21-31(38)16-26)34(43)23-39-22-25-9-7-8-24(6-3)14-25/h7-10,13-16,18-21,33-34,39,43H,4-6,11-12,17,22-23H2,1-3H3,(H,40,44)/t33-,34+/m0/s1. The number of aromatic nitrogens is 1. The van der Waals surface area contributed by atoms with Gasteiger partial charge in [-0.1, -0.05) is 50.2 Å². The maximum atomic E-state index is 14.1. The number of aliphatic hydroxyl groups is 1. The van der Waals surface area contributed by atoms with Gasteiger partial charge in [-0.2, -0.15) is 0 Å². The summed E-state index contributed by atoms with van der Waals surface area (Å²) >= 11 is 0. The van der Waals surface area contributed by atoms with Crippen molar-refractivity contribution in [2.24, 2.45) is 0 Å². The summed E-state index contributed by atoms with van der Waals surface area (Å²) in [7, 11) is 0. The number of nitrogens with zero attached hydrogens (tertiary/aromatic N) is 2. The van der Waals surface area contributed by atoms with Gasteiger partial charge in [0.1, 0.15) is 23.6 Å². The van der Waals surface area contributed by atoms with Crippen LogP contribution in [0.1, 0.15) is 71.0 Å². The van der Waals surface area contributed by atoms with Crippen molar-refractivity contribution in [3.05, 3.63) is 112 Å². The first-order chi connectivity index (χ1) is 22.2. The SMILES string of the molecule is CCCN(CCC)C(=O)c1cc(C(=O)N[C@@H](Cc2cc(F)cc(F)c2)[C@H](O)CNCc2cccc(CC)c2)cc(-c2ccon2)c1. The molecule has 0 fully saturated rings. The van der Waals surface area contributed by atoms with E-state index in [9.17, 15) is 23.5 Å². The average molecular weight is 633 g/mol. The van der Waals surface area contributed by atoms with Gasteiger partial charge in [0.15, 0.2) is 0 Å². The Balaban J connectivity index is 1.60. The molecule has 4 rings (SSSR count). The van der Waals surface area contributed by atoms with Crippen LogP contribution in [0.3, 0.4) is 0 Å². The number of carbonyl (C=O) groups excluding carboxylic acids is 2. The summed E-state index contributed by atoms with van der Waals surface area (Å²) in [6.45, 7) is 7.78. The Morgan fingerprint density at radius 1 is 0.891 bits per heavy atom. The third kappa shape index (κ3) is 9.55. The maximum absolute atomic E-state index is 14.1. The predicted octanol–water partition coefficient (Wildman–Crippen LogP) is 5.94. The Bertz CT molecular complexity index is 1570. The molecule has 0 aliphatic rings. The molecule has 1 heterocycles. The predicted molar refractivity (Wildman–Crippen MR) is 173 cm³/mol.